The van der Waals surface area contributed by atoms with Gasteiger partial charge in [0.25, 0.3) is 0 Å². The summed E-state index contributed by atoms with van der Waals surface area (Å²) in [5, 5.41) is 8.85. The fourth-order valence-corrected chi connectivity index (χ4v) is 2.14. The van der Waals surface area contributed by atoms with E-state index in [-0.39, 0.29) is 24.0 Å². The Balaban J connectivity index is 1.95. The van der Waals surface area contributed by atoms with Gasteiger partial charge in [0.15, 0.2) is 0 Å². The van der Waals surface area contributed by atoms with Gasteiger partial charge in [0, 0.05) is 13.1 Å². The molecular formula is C11H17ClN4O3. The van der Waals surface area contributed by atoms with E-state index in [1.165, 1.54) is 7.11 Å². The molecule has 0 saturated carbocycles. The molecule has 0 atom stereocenters. The highest BCUT2D eigenvalue weighted by Gasteiger charge is 2.22. The van der Waals surface area contributed by atoms with Crippen LogP contribution in [0, 0.1) is 0 Å². The summed E-state index contributed by atoms with van der Waals surface area (Å²) in [6.07, 6.45) is 1.92. The maximum Gasteiger partial charge on any atom is 0.322 e. The minimum atomic E-state index is 0.0560. The molecule has 1 aromatic heterocycles. The summed E-state index contributed by atoms with van der Waals surface area (Å²) in [6, 6.07) is 0.216. The van der Waals surface area contributed by atoms with Gasteiger partial charge in [-0.25, -0.2) is 0 Å². The van der Waals surface area contributed by atoms with Gasteiger partial charge in [-0.05, 0) is 24.4 Å². The van der Waals surface area contributed by atoms with Crippen LogP contribution in [0.3, 0.4) is 0 Å². The molecule has 1 fully saturated rings. The molecule has 1 aliphatic heterocycles. The van der Waals surface area contributed by atoms with Crippen molar-refractivity contribution in [3.8, 4) is 6.01 Å². The minimum Gasteiger partial charge on any atom is -0.467 e. The zero-order valence-corrected chi connectivity index (χ0v) is 11.5. The van der Waals surface area contributed by atoms with E-state index in [0.717, 1.165) is 25.9 Å². The Morgan fingerprint density at radius 2 is 2.05 bits per heavy atom. The molecule has 0 aliphatic carbocycles. The molecule has 1 aromatic rings. The van der Waals surface area contributed by atoms with E-state index >= 15 is 0 Å². The minimum absolute atomic E-state index is 0.0560. The van der Waals surface area contributed by atoms with Crippen LogP contribution in [0.15, 0.2) is 0 Å². The van der Waals surface area contributed by atoms with Gasteiger partial charge in [-0.15, -0.1) is 0 Å². The molecule has 7 nitrogen and oxygen atoms in total. The molecule has 106 valence electrons. The zero-order chi connectivity index (χ0) is 13.7. The average Bonchev–Trinajstić information content (AvgIpc) is 2.45. The fraction of sp³-hybridized carbons (Fsp3) is 0.727. The summed E-state index contributed by atoms with van der Waals surface area (Å²) >= 11 is 5.82. The lowest BCUT2D eigenvalue weighted by molar-refractivity contribution is 0.0157. The third-order valence-electron chi connectivity index (χ3n) is 2.93. The van der Waals surface area contributed by atoms with Crippen LogP contribution in [-0.2, 0) is 4.74 Å². The standard InChI is InChI=1S/C11H17ClN4O3/c1-18-11-14-9(12)13-10(15-11)16-4-2-8(3-5-16)19-7-6-17/h8,17H,2-7H2,1H3. The Morgan fingerprint density at radius 3 is 2.68 bits per heavy atom. The number of aliphatic hydroxyl groups is 1. The van der Waals surface area contributed by atoms with Crippen molar-refractivity contribution in [3.63, 3.8) is 0 Å². The summed E-state index contributed by atoms with van der Waals surface area (Å²) in [5.41, 5.74) is 0. The first kappa shape index (κ1) is 14.2. The maximum atomic E-state index is 8.72. The number of anilines is 1. The summed E-state index contributed by atoms with van der Waals surface area (Å²) < 4.78 is 10.5. The number of aliphatic hydroxyl groups excluding tert-OH is 1. The lowest BCUT2D eigenvalue weighted by atomic mass is 10.1. The molecule has 0 bridgehead atoms. The van der Waals surface area contributed by atoms with Gasteiger partial charge in [-0.1, -0.05) is 0 Å². The highest BCUT2D eigenvalue weighted by Crippen LogP contribution is 2.20. The van der Waals surface area contributed by atoms with Crippen LogP contribution in [0.2, 0.25) is 5.28 Å². The Bertz CT molecular complexity index is 413. The molecule has 0 aromatic carbocycles. The number of ether oxygens (including phenoxy) is 2. The number of piperidine rings is 1. The number of nitrogens with zero attached hydrogens (tertiary/aromatic N) is 4. The van der Waals surface area contributed by atoms with Crippen LogP contribution >= 0.6 is 11.6 Å². The highest BCUT2D eigenvalue weighted by molar-refractivity contribution is 6.28. The van der Waals surface area contributed by atoms with E-state index < -0.39 is 0 Å². The van der Waals surface area contributed by atoms with Crippen molar-refractivity contribution in [2.24, 2.45) is 0 Å². The van der Waals surface area contributed by atoms with Crippen molar-refractivity contribution in [2.75, 3.05) is 38.3 Å². The highest BCUT2D eigenvalue weighted by atomic mass is 35.5. The van der Waals surface area contributed by atoms with Crippen LogP contribution in [0.25, 0.3) is 0 Å². The van der Waals surface area contributed by atoms with Gasteiger partial charge in [0.2, 0.25) is 11.2 Å². The number of methoxy groups -OCH3 is 1. The molecule has 19 heavy (non-hydrogen) atoms. The first-order valence-electron chi connectivity index (χ1n) is 6.16. The van der Waals surface area contributed by atoms with Crippen molar-refractivity contribution >= 4 is 17.5 Å². The fourth-order valence-electron chi connectivity index (χ4n) is 2.00. The van der Waals surface area contributed by atoms with Gasteiger partial charge >= 0.3 is 6.01 Å². The van der Waals surface area contributed by atoms with E-state index in [1.807, 2.05) is 4.90 Å². The lowest BCUT2D eigenvalue weighted by Crippen LogP contribution is -2.38. The topological polar surface area (TPSA) is 80.6 Å². The van der Waals surface area contributed by atoms with Crippen molar-refractivity contribution < 1.29 is 14.6 Å². The molecule has 0 radical (unpaired) electrons. The molecule has 0 unspecified atom stereocenters. The molecule has 2 heterocycles. The van der Waals surface area contributed by atoms with Crippen LogP contribution in [-0.4, -0.2) is 59.6 Å². The van der Waals surface area contributed by atoms with Gasteiger partial charge in [0.05, 0.1) is 26.4 Å². The third kappa shape index (κ3) is 3.89. The summed E-state index contributed by atoms with van der Waals surface area (Å²) in [4.78, 5) is 14.1. The Kier molecular flexibility index (Phi) is 5.12. The second-order valence-corrected chi connectivity index (χ2v) is 4.51. The van der Waals surface area contributed by atoms with Gasteiger partial charge in [-0.2, -0.15) is 15.0 Å². The second-order valence-electron chi connectivity index (χ2n) is 4.17. The largest absolute Gasteiger partial charge is 0.467 e. The van der Waals surface area contributed by atoms with E-state index in [4.69, 9.17) is 26.2 Å². The molecule has 0 spiro atoms. The maximum absolute atomic E-state index is 8.72. The SMILES string of the molecule is COc1nc(Cl)nc(N2CCC(OCCO)CC2)n1. The van der Waals surface area contributed by atoms with E-state index in [9.17, 15) is 0 Å². The summed E-state index contributed by atoms with van der Waals surface area (Å²) in [6.45, 7) is 2.00. The Labute approximate surface area is 116 Å². The van der Waals surface area contributed by atoms with Crippen molar-refractivity contribution in [3.05, 3.63) is 5.28 Å². The van der Waals surface area contributed by atoms with E-state index in [2.05, 4.69) is 15.0 Å². The van der Waals surface area contributed by atoms with Crippen molar-refractivity contribution in [2.45, 2.75) is 18.9 Å². The van der Waals surface area contributed by atoms with Crippen LogP contribution in [0.4, 0.5) is 5.95 Å². The van der Waals surface area contributed by atoms with Crippen LogP contribution in [0.5, 0.6) is 6.01 Å². The number of aromatic nitrogens is 3. The third-order valence-corrected chi connectivity index (χ3v) is 3.10. The number of hydrogen-bond donors (Lipinski definition) is 1. The van der Waals surface area contributed by atoms with Gasteiger partial charge in [-0.3, -0.25) is 0 Å². The van der Waals surface area contributed by atoms with Crippen molar-refractivity contribution in [1.82, 2.24) is 15.0 Å². The smallest absolute Gasteiger partial charge is 0.322 e. The summed E-state index contributed by atoms with van der Waals surface area (Å²) in [5.74, 6) is 0.525. The number of halogens is 1. The molecule has 1 N–H and O–H groups in total. The quantitative estimate of drug-likeness (QED) is 0.845. The monoisotopic (exact) mass is 288 g/mol. The molecular weight excluding hydrogens is 272 g/mol. The number of rotatable bonds is 5. The first-order chi connectivity index (χ1) is 9.22. The van der Waals surface area contributed by atoms with Crippen LogP contribution < -0.4 is 9.64 Å². The predicted octanol–water partition coefficient (Wildman–Crippen LogP) is 0.511. The average molecular weight is 289 g/mol. The lowest BCUT2D eigenvalue weighted by Gasteiger charge is -2.31. The van der Waals surface area contributed by atoms with Crippen molar-refractivity contribution in [1.29, 1.82) is 0 Å². The van der Waals surface area contributed by atoms with E-state index in [0.29, 0.717) is 12.6 Å². The molecule has 8 heteroatoms. The molecule has 2 rings (SSSR count). The zero-order valence-electron chi connectivity index (χ0n) is 10.8. The van der Waals surface area contributed by atoms with Crippen LogP contribution in [0.1, 0.15) is 12.8 Å². The molecule has 0 amide bonds. The predicted molar refractivity (Wildman–Crippen MR) is 69.7 cm³/mol. The molecule has 1 saturated heterocycles. The van der Waals surface area contributed by atoms with Gasteiger partial charge < -0.3 is 19.5 Å². The summed E-state index contributed by atoms with van der Waals surface area (Å²) in [7, 11) is 1.49. The van der Waals surface area contributed by atoms with Gasteiger partial charge in [0.1, 0.15) is 0 Å². The Hall–Kier alpha value is -1.18. The first-order valence-corrected chi connectivity index (χ1v) is 6.53. The number of hydrogen-bond acceptors (Lipinski definition) is 7. The second kappa shape index (κ2) is 6.83. The Morgan fingerprint density at radius 1 is 1.32 bits per heavy atom. The van der Waals surface area contributed by atoms with E-state index in [1.54, 1.807) is 0 Å². The normalized spacial score (nSPS) is 16.7. The molecule has 1 aliphatic rings.